The molecule has 1 amide bonds. The van der Waals surface area contributed by atoms with Gasteiger partial charge in [0, 0.05) is 56.7 Å². The molecule has 6 rings (SSSR count). The number of aryl methyl sites for hydroxylation is 1. The van der Waals surface area contributed by atoms with Crippen LogP contribution < -0.4 is 10.2 Å². The molecule has 246 valence electrons. The summed E-state index contributed by atoms with van der Waals surface area (Å²) in [6, 6.07) is 19.4. The average molecular weight is 677 g/mol. The van der Waals surface area contributed by atoms with Gasteiger partial charge in [-0.1, -0.05) is 49.2 Å². The van der Waals surface area contributed by atoms with E-state index < -0.39 is 32.4 Å². The molecular formula is C35H38ClFN6O3S. The Hall–Kier alpha value is -4.06. The molecule has 0 radical (unpaired) electrons. The Labute approximate surface area is 280 Å². The van der Waals surface area contributed by atoms with Gasteiger partial charge in [-0.2, -0.15) is 9.49 Å². The lowest BCUT2D eigenvalue weighted by molar-refractivity contribution is 0.102. The zero-order valence-corrected chi connectivity index (χ0v) is 28.3. The van der Waals surface area contributed by atoms with Crippen LogP contribution in [0.25, 0.3) is 5.57 Å². The number of piperazine rings is 1. The minimum absolute atomic E-state index is 0.0185. The summed E-state index contributed by atoms with van der Waals surface area (Å²) in [5.41, 5.74) is 4.85. The SMILES string of the molecule is Cn1nc(S(=O)(=O)c2ccc(N3CCN(CC4=C(c5ccc(Cl)cc5)CC(C)(C)CC4)CC3)cc2)c(NC(=O)c2ccccn2)c1F. The van der Waals surface area contributed by atoms with Crippen molar-refractivity contribution in [3.63, 3.8) is 0 Å². The number of carbonyl (C=O) groups excluding carboxylic acids is 1. The van der Waals surface area contributed by atoms with Gasteiger partial charge in [-0.15, -0.1) is 0 Å². The summed E-state index contributed by atoms with van der Waals surface area (Å²) in [6.45, 7) is 8.97. The van der Waals surface area contributed by atoms with Crippen molar-refractivity contribution in [2.75, 3.05) is 42.9 Å². The van der Waals surface area contributed by atoms with Crippen molar-refractivity contribution in [2.45, 2.75) is 43.0 Å². The van der Waals surface area contributed by atoms with E-state index in [-0.39, 0.29) is 16.0 Å². The maximum absolute atomic E-state index is 15.0. The Kier molecular flexibility index (Phi) is 9.24. The van der Waals surface area contributed by atoms with E-state index in [2.05, 4.69) is 51.2 Å². The number of halogens is 2. The minimum atomic E-state index is -4.26. The number of anilines is 2. The number of benzene rings is 2. The van der Waals surface area contributed by atoms with Crippen molar-refractivity contribution in [1.82, 2.24) is 19.7 Å². The van der Waals surface area contributed by atoms with E-state index in [4.69, 9.17) is 11.6 Å². The molecule has 1 fully saturated rings. The molecule has 2 aromatic carbocycles. The Morgan fingerprint density at radius 1 is 1.00 bits per heavy atom. The molecule has 12 heteroatoms. The van der Waals surface area contributed by atoms with Crippen LogP contribution >= 0.6 is 11.6 Å². The number of aromatic nitrogens is 3. The zero-order chi connectivity index (χ0) is 33.3. The first-order valence-electron chi connectivity index (χ1n) is 15.7. The molecule has 1 N–H and O–H groups in total. The summed E-state index contributed by atoms with van der Waals surface area (Å²) in [6.07, 6.45) is 4.71. The van der Waals surface area contributed by atoms with Crippen molar-refractivity contribution in [3.8, 4) is 0 Å². The lowest BCUT2D eigenvalue weighted by Crippen LogP contribution is -2.47. The molecule has 0 atom stereocenters. The maximum Gasteiger partial charge on any atom is 0.274 e. The second-order valence-corrected chi connectivity index (χ2v) is 15.3. The first-order valence-corrected chi connectivity index (χ1v) is 17.5. The van der Waals surface area contributed by atoms with Crippen molar-refractivity contribution in [1.29, 1.82) is 0 Å². The Balaban J connectivity index is 1.14. The smallest absolute Gasteiger partial charge is 0.274 e. The minimum Gasteiger partial charge on any atom is -0.369 e. The van der Waals surface area contributed by atoms with Crippen LogP contribution in [0.2, 0.25) is 5.02 Å². The third kappa shape index (κ3) is 7.12. The van der Waals surface area contributed by atoms with E-state index in [1.807, 2.05) is 12.1 Å². The van der Waals surface area contributed by atoms with E-state index in [0.717, 1.165) is 67.4 Å². The van der Waals surface area contributed by atoms with Gasteiger partial charge in [0.2, 0.25) is 20.8 Å². The van der Waals surface area contributed by atoms with Gasteiger partial charge >= 0.3 is 0 Å². The topological polar surface area (TPSA) is 100 Å². The second kappa shape index (κ2) is 13.2. The molecule has 1 aliphatic heterocycles. The fourth-order valence-corrected chi connectivity index (χ4v) is 7.77. The zero-order valence-electron chi connectivity index (χ0n) is 26.7. The molecular weight excluding hydrogens is 639 g/mol. The quantitative estimate of drug-likeness (QED) is 0.228. The first kappa shape index (κ1) is 32.9. The Bertz CT molecular complexity index is 1900. The van der Waals surface area contributed by atoms with E-state index in [9.17, 15) is 17.6 Å². The summed E-state index contributed by atoms with van der Waals surface area (Å²) >= 11 is 6.18. The lowest BCUT2D eigenvalue weighted by Gasteiger charge is -2.39. The number of allylic oxidation sites excluding steroid dienone is 1. The number of sulfone groups is 1. The number of carbonyl (C=O) groups is 1. The maximum atomic E-state index is 15.0. The molecule has 0 unspecified atom stereocenters. The normalized spacial score (nSPS) is 17.2. The first-order chi connectivity index (χ1) is 22.4. The number of nitrogens with zero attached hydrogens (tertiary/aromatic N) is 5. The Morgan fingerprint density at radius 3 is 2.36 bits per heavy atom. The van der Waals surface area contributed by atoms with Gasteiger partial charge in [-0.25, -0.2) is 13.1 Å². The third-order valence-corrected chi connectivity index (χ3v) is 11.0. The number of nitrogens with one attached hydrogen (secondary N) is 1. The average Bonchev–Trinajstić information content (AvgIpc) is 3.36. The van der Waals surface area contributed by atoms with Gasteiger partial charge in [-0.05, 0) is 84.3 Å². The fraction of sp³-hybridized carbons (Fsp3) is 0.343. The van der Waals surface area contributed by atoms with Gasteiger partial charge in [0.25, 0.3) is 5.91 Å². The molecule has 1 saturated heterocycles. The third-order valence-electron chi connectivity index (χ3n) is 9.01. The highest BCUT2D eigenvalue weighted by molar-refractivity contribution is 7.91. The summed E-state index contributed by atoms with van der Waals surface area (Å²) in [4.78, 5) is 21.3. The van der Waals surface area contributed by atoms with Gasteiger partial charge < -0.3 is 10.2 Å². The van der Waals surface area contributed by atoms with Crippen LogP contribution in [0.3, 0.4) is 0 Å². The highest BCUT2D eigenvalue weighted by Crippen LogP contribution is 2.43. The van der Waals surface area contributed by atoms with Gasteiger partial charge in [0.1, 0.15) is 11.4 Å². The summed E-state index contributed by atoms with van der Waals surface area (Å²) in [5.74, 6) is -1.72. The monoisotopic (exact) mass is 676 g/mol. The molecule has 2 aromatic heterocycles. The van der Waals surface area contributed by atoms with Crippen LogP contribution in [-0.4, -0.2) is 66.7 Å². The van der Waals surface area contributed by atoms with Gasteiger partial charge in [0.15, 0.2) is 0 Å². The lowest BCUT2D eigenvalue weighted by atomic mass is 9.72. The van der Waals surface area contributed by atoms with Crippen molar-refractivity contribution >= 4 is 44.3 Å². The highest BCUT2D eigenvalue weighted by atomic mass is 35.5. The molecule has 9 nitrogen and oxygen atoms in total. The van der Waals surface area contributed by atoms with E-state index in [1.54, 1.807) is 24.3 Å². The van der Waals surface area contributed by atoms with Crippen LogP contribution in [0.5, 0.6) is 0 Å². The summed E-state index contributed by atoms with van der Waals surface area (Å²) in [5, 5.41) is 6.42. The summed E-state index contributed by atoms with van der Waals surface area (Å²) < 4.78 is 43.0. The Morgan fingerprint density at radius 2 is 1.70 bits per heavy atom. The number of hydrogen-bond acceptors (Lipinski definition) is 7. The standard InChI is InChI=1S/C35H38ClFN6O3S/c1-35(2)16-15-25(29(22-35)24-7-9-26(36)10-8-24)23-42-18-20-43(21-19-42)27-11-13-28(14-12-27)47(45,46)34-31(32(37)41(3)40-34)39-33(44)30-6-4-5-17-38-30/h4-14,17H,15-16,18-23H2,1-3H3,(H,39,44). The summed E-state index contributed by atoms with van der Waals surface area (Å²) in [7, 11) is -2.98. The molecule has 0 bridgehead atoms. The molecule has 1 aliphatic carbocycles. The van der Waals surface area contributed by atoms with E-state index in [1.165, 1.54) is 48.2 Å². The van der Waals surface area contributed by atoms with Crippen LogP contribution in [0, 0.1) is 11.4 Å². The molecule has 3 heterocycles. The van der Waals surface area contributed by atoms with E-state index >= 15 is 0 Å². The largest absolute Gasteiger partial charge is 0.369 e. The molecule has 47 heavy (non-hydrogen) atoms. The number of hydrogen-bond donors (Lipinski definition) is 1. The highest BCUT2D eigenvalue weighted by Gasteiger charge is 2.32. The molecule has 2 aliphatic rings. The van der Waals surface area contributed by atoms with Crippen molar-refractivity contribution < 1.29 is 17.6 Å². The molecule has 0 saturated carbocycles. The number of amides is 1. The van der Waals surface area contributed by atoms with Crippen LogP contribution in [0.4, 0.5) is 15.8 Å². The van der Waals surface area contributed by atoms with Crippen LogP contribution in [-0.2, 0) is 16.9 Å². The van der Waals surface area contributed by atoms with Gasteiger partial charge in [0.05, 0.1) is 4.90 Å². The molecule has 0 spiro atoms. The van der Waals surface area contributed by atoms with Crippen LogP contribution in [0.1, 0.15) is 49.2 Å². The second-order valence-electron chi connectivity index (χ2n) is 13.0. The van der Waals surface area contributed by atoms with E-state index in [0.29, 0.717) is 0 Å². The van der Waals surface area contributed by atoms with Crippen molar-refractivity contribution in [3.05, 3.63) is 101 Å². The predicted molar refractivity (Wildman–Crippen MR) is 182 cm³/mol. The van der Waals surface area contributed by atoms with Gasteiger partial charge in [-0.3, -0.25) is 14.7 Å². The molecule has 4 aromatic rings. The predicted octanol–water partition coefficient (Wildman–Crippen LogP) is 6.48. The number of rotatable bonds is 8. The van der Waals surface area contributed by atoms with Crippen LogP contribution in [0.15, 0.2) is 88.4 Å². The van der Waals surface area contributed by atoms with Crippen molar-refractivity contribution in [2.24, 2.45) is 12.5 Å². The number of pyridine rings is 1. The fourth-order valence-electron chi connectivity index (χ4n) is 6.29.